The van der Waals surface area contributed by atoms with E-state index in [4.69, 9.17) is 0 Å². The van der Waals surface area contributed by atoms with Gasteiger partial charge < -0.3 is 0 Å². The van der Waals surface area contributed by atoms with Crippen LogP contribution in [0.25, 0.3) is 0 Å². The second-order valence-corrected chi connectivity index (χ2v) is 4.12. The Morgan fingerprint density at radius 3 is 2.62 bits per heavy atom. The predicted molar refractivity (Wildman–Crippen MR) is 56.7 cm³/mol. The lowest BCUT2D eigenvalue weighted by Crippen LogP contribution is -2.09. The molecule has 0 aliphatic heterocycles. The molecule has 0 atom stereocenters. The molecule has 0 bridgehead atoms. The minimum absolute atomic E-state index is 0.304. The van der Waals surface area contributed by atoms with Crippen LogP contribution < -0.4 is 0 Å². The number of halogens is 3. The van der Waals surface area contributed by atoms with E-state index >= 15 is 0 Å². The molecule has 0 amide bonds. The van der Waals surface area contributed by atoms with Crippen LogP contribution in [0.3, 0.4) is 0 Å². The van der Waals surface area contributed by atoms with E-state index in [2.05, 4.69) is 6.92 Å². The maximum Gasteiger partial charge on any atom is 0.194 e. The highest BCUT2D eigenvalue weighted by Gasteiger charge is 2.20. The highest BCUT2D eigenvalue weighted by molar-refractivity contribution is 5.38. The highest BCUT2D eigenvalue weighted by Crippen LogP contribution is 2.28. The summed E-state index contributed by atoms with van der Waals surface area (Å²) in [5, 5.41) is 0. The maximum absolute atomic E-state index is 13.4. The molecule has 0 aromatic heterocycles. The fourth-order valence-electron chi connectivity index (χ4n) is 2.13. The van der Waals surface area contributed by atoms with Gasteiger partial charge in [-0.2, -0.15) is 0 Å². The molecule has 1 aliphatic carbocycles. The van der Waals surface area contributed by atoms with Gasteiger partial charge in [-0.3, -0.25) is 0 Å². The molecule has 86 valence electrons. The molecular formula is C13H13F3. The molecule has 0 fully saturated rings. The molecule has 1 aromatic carbocycles. The van der Waals surface area contributed by atoms with Gasteiger partial charge in [0.15, 0.2) is 17.5 Å². The van der Waals surface area contributed by atoms with Crippen LogP contribution in [0.15, 0.2) is 17.7 Å². The molecule has 0 saturated carbocycles. The lowest BCUT2D eigenvalue weighted by Gasteiger charge is -2.17. The summed E-state index contributed by atoms with van der Waals surface area (Å²) in [5.74, 6) is -3.47. The molecule has 16 heavy (non-hydrogen) atoms. The summed E-state index contributed by atoms with van der Waals surface area (Å²) in [6, 6.07) is 1.12. The van der Waals surface area contributed by atoms with Gasteiger partial charge in [0.05, 0.1) is 0 Å². The minimum atomic E-state index is -1.36. The Labute approximate surface area is 92.8 Å². The largest absolute Gasteiger partial charge is 0.204 e. The summed E-state index contributed by atoms with van der Waals surface area (Å²) in [6.45, 7) is 2.06. The molecule has 0 heterocycles. The first-order valence-corrected chi connectivity index (χ1v) is 5.46. The highest BCUT2D eigenvalue weighted by atomic mass is 19.2. The Bertz CT molecular complexity index is 447. The number of rotatable bonds is 2. The van der Waals surface area contributed by atoms with Crippen molar-refractivity contribution in [2.45, 2.75) is 32.6 Å². The Morgan fingerprint density at radius 2 is 1.94 bits per heavy atom. The fraction of sp³-hybridized carbons (Fsp3) is 0.385. The van der Waals surface area contributed by atoms with Crippen molar-refractivity contribution in [1.82, 2.24) is 0 Å². The first-order valence-electron chi connectivity index (χ1n) is 5.46. The average Bonchev–Trinajstić information content (AvgIpc) is 2.26. The lowest BCUT2D eigenvalue weighted by atomic mass is 9.89. The standard InChI is InChI=1S/C13H13F3/c1-2-3-8-4-5-10-9(6-8)7-11(14)13(16)12(10)15/h4,7H,2-3,5-6H2,1H3. The molecule has 2 rings (SSSR count). The molecule has 0 saturated heterocycles. The zero-order valence-corrected chi connectivity index (χ0v) is 9.12. The van der Waals surface area contributed by atoms with Crippen LogP contribution in [-0.2, 0) is 12.8 Å². The third-order valence-corrected chi connectivity index (χ3v) is 2.94. The quantitative estimate of drug-likeness (QED) is 0.529. The summed E-state index contributed by atoms with van der Waals surface area (Å²) >= 11 is 0. The molecule has 0 spiro atoms. The van der Waals surface area contributed by atoms with E-state index in [-0.39, 0.29) is 0 Å². The van der Waals surface area contributed by atoms with Crippen molar-refractivity contribution in [1.29, 1.82) is 0 Å². The molecule has 0 nitrogen and oxygen atoms in total. The molecule has 1 aliphatic rings. The average molecular weight is 226 g/mol. The van der Waals surface area contributed by atoms with Gasteiger partial charge in [-0.15, -0.1) is 0 Å². The van der Waals surface area contributed by atoms with Crippen molar-refractivity contribution in [3.05, 3.63) is 46.3 Å². The van der Waals surface area contributed by atoms with Gasteiger partial charge in [0, 0.05) is 0 Å². The first kappa shape index (κ1) is 11.2. The number of fused-ring (bicyclic) bond motifs is 1. The minimum Gasteiger partial charge on any atom is -0.204 e. The zero-order valence-electron chi connectivity index (χ0n) is 9.12. The zero-order chi connectivity index (χ0) is 11.7. The van der Waals surface area contributed by atoms with Gasteiger partial charge in [0.25, 0.3) is 0 Å². The Hall–Kier alpha value is -1.25. The predicted octanol–water partition coefficient (Wildman–Crippen LogP) is 3.93. The molecule has 0 radical (unpaired) electrons. The third kappa shape index (κ3) is 1.86. The molecule has 0 unspecified atom stereocenters. The van der Waals surface area contributed by atoms with Gasteiger partial charge in [-0.25, -0.2) is 13.2 Å². The lowest BCUT2D eigenvalue weighted by molar-refractivity contribution is 0.439. The van der Waals surface area contributed by atoms with Crippen LogP contribution in [0.2, 0.25) is 0 Å². The normalized spacial score (nSPS) is 14.6. The topological polar surface area (TPSA) is 0 Å². The summed E-state index contributed by atoms with van der Waals surface area (Å²) in [6.07, 6.45) is 4.77. The Morgan fingerprint density at radius 1 is 1.19 bits per heavy atom. The molecule has 3 heteroatoms. The monoisotopic (exact) mass is 226 g/mol. The van der Waals surface area contributed by atoms with E-state index in [1.807, 2.05) is 6.08 Å². The maximum atomic E-state index is 13.4. The number of hydrogen-bond donors (Lipinski definition) is 0. The van der Waals surface area contributed by atoms with Crippen molar-refractivity contribution in [3.63, 3.8) is 0 Å². The summed E-state index contributed by atoms with van der Waals surface area (Å²) < 4.78 is 39.5. The summed E-state index contributed by atoms with van der Waals surface area (Å²) in [5.41, 5.74) is 2.07. The third-order valence-electron chi connectivity index (χ3n) is 2.94. The Balaban J connectivity index is 2.38. The number of allylic oxidation sites excluding steroid dienone is 2. The Kier molecular flexibility index (Phi) is 3.03. The van der Waals surface area contributed by atoms with Crippen molar-refractivity contribution < 1.29 is 13.2 Å². The van der Waals surface area contributed by atoms with Gasteiger partial charge in [-0.05, 0) is 36.5 Å². The van der Waals surface area contributed by atoms with Crippen LogP contribution in [-0.4, -0.2) is 0 Å². The number of benzene rings is 1. The van der Waals surface area contributed by atoms with Crippen LogP contribution in [0.1, 0.15) is 30.9 Å². The van der Waals surface area contributed by atoms with E-state index in [9.17, 15) is 13.2 Å². The summed E-state index contributed by atoms with van der Waals surface area (Å²) in [7, 11) is 0. The van der Waals surface area contributed by atoms with Crippen LogP contribution in [0, 0.1) is 17.5 Å². The fourth-order valence-corrected chi connectivity index (χ4v) is 2.13. The van der Waals surface area contributed by atoms with Crippen molar-refractivity contribution in [3.8, 4) is 0 Å². The second kappa shape index (κ2) is 4.32. The van der Waals surface area contributed by atoms with Crippen molar-refractivity contribution >= 4 is 0 Å². The SMILES string of the molecule is CCCC1=CCc2c(cc(F)c(F)c2F)C1. The number of hydrogen-bond acceptors (Lipinski definition) is 0. The van der Waals surface area contributed by atoms with E-state index < -0.39 is 17.5 Å². The van der Waals surface area contributed by atoms with Crippen molar-refractivity contribution in [2.24, 2.45) is 0 Å². The van der Waals surface area contributed by atoms with Gasteiger partial charge >= 0.3 is 0 Å². The summed E-state index contributed by atoms with van der Waals surface area (Å²) in [4.78, 5) is 0. The van der Waals surface area contributed by atoms with Gasteiger partial charge in [-0.1, -0.05) is 25.0 Å². The van der Waals surface area contributed by atoms with E-state index in [0.29, 0.717) is 24.0 Å². The van der Waals surface area contributed by atoms with Gasteiger partial charge in [0.2, 0.25) is 0 Å². The molecule has 0 N–H and O–H groups in total. The second-order valence-electron chi connectivity index (χ2n) is 4.12. The van der Waals surface area contributed by atoms with E-state index in [0.717, 1.165) is 18.9 Å². The molecular weight excluding hydrogens is 213 g/mol. The van der Waals surface area contributed by atoms with Crippen LogP contribution >= 0.6 is 0 Å². The van der Waals surface area contributed by atoms with Crippen molar-refractivity contribution in [2.75, 3.05) is 0 Å². The smallest absolute Gasteiger partial charge is 0.194 e. The first-order chi connectivity index (χ1) is 7.63. The van der Waals surface area contributed by atoms with Gasteiger partial charge in [0.1, 0.15) is 0 Å². The van der Waals surface area contributed by atoms with E-state index in [1.165, 1.54) is 5.57 Å². The molecule has 1 aromatic rings. The van der Waals surface area contributed by atoms with E-state index in [1.54, 1.807) is 0 Å². The van der Waals surface area contributed by atoms with Crippen LogP contribution in [0.5, 0.6) is 0 Å². The van der Waals surface area contributed by atoms with Crippen LogP contribution in [0.4, 0.5) is 13.2 Å².